The SMILES string of the molecule is COC(=O)C1=C(CN2CCOCC2)NC(=O)N[C@H]1c1ccc(F)cc1. The van der Waals surface area contributed by atoms with Gasteiger partial charge in [-0.2, -0.15) is 0 Å². The van der Waals surface area contributed by atoms with E-state index in [0.29, 0.717) is 49.7 Å². The molecule has 1 atom stereocenters. The predicted octanol–water partition coefficient (Wildman–Crippen LogP) is 0.939. The van der Waals surface area contributed by atoms with Crippen molar-refractivity contribution in [2.75, 3.05) is 40.0 Å². The first-order chi connectivity index (χ1) is 12.1. The van der Waals surface area contributed by atoms with Gasteiger partial charge in [-0.1, -0.05) is 12.1 Å². The monoisotopic (exact) mass is 349 g/mol. The molecule has 2 amide bonds. The van der Waals surface area contributed by atoms with E-state index < -0.39 is 18.0 Å². The Morgan fingerprint density at radius 2 is 2.00 bits per heavy atom. The van der Waals surface area contributed by atoms with Gasteiger partial charge in [-0.25, -0.2) is 14.0 Å². The van der Waals surface area contributed by atoms with Crippen molar-refractivity contribution in [1.29, 1.82) is 0 Å². The van der Waals surface area contributed by atoms with Crippen LogP contribution in [0.5, 0.6) is 0 Å². The Labute approximate surface area is 144 Å². The lowest BCUT2D eigenvalue weighted by Crippen LogP contribution is -2.49. The van der Waals surface area contributed by atoms with E-state index in [1.165, 1.54) is 19.2 Å². The Bertz CT molecular complexity index is 684. The van der Waals surface area contributed by atoms with Crippen molar-refractivity contribution in [2.24, 2.45) is 0 Å². The first-order valence-corrected chi connectivity index (χ1v) is 8.03. The van der Waals surface area contributed by atoms with Gasteiger partial charge < -0.3 is 20.1 Å². The highest BCUT2D eigenvalue weighted by molar-refractivity contribution is 5.95. The molecular weight excluding hydrogens is 329 g/mol. The van der Waals surface area contributed by atoms with E-state index in [2.05, 4.69) is 15.5 Å². The number of hydrogen-bond donors (Lipinski definition) is 2. The van der Waals surface area contributed by atoms with Crippen LogP contribution < -0.4 is 10.6 Å². The van der Waals surface area contributed by atoms with Gasteiger partial charge in [-0.3, -0.25) is 4.90 Å². The normalized spacial score (nSPS) is 21.5. The number of carbonyl (C=O) groups excluding carboxylic acids is 2. The van der Waals surface area contributed by atoms with E-state index in [9.17, 15) is 14.0 Å². The topological polar surface area (TPSA) is 79.9 Å². The summed E-state index contributed by atoms with van der Waals surface area (Å²) in [7, 11) is 1.29. The standard InChI is InChI=1S/C17H20FN3O4/c1-24-16(22)14-13(10-21-6-8-25-9-7-21)19-17(23)20-15(14)11-2-4-12(18)5-3-11/h2-5,15H,6-10H2,1H3,(H2,19,20,23)/t15-/m0/s1. The summed E-state index contributed by atoms with van der Waals surface area (Å²) in [5.41, 5.74) is 1.42. The molecule has 2 heterocycles. The van der Waals surface area contributed by atoms with Crippen LogP contribution in [0.3, 0.4) is 0 Å². The van der Waals surface area contributed by atoms with E-state index in [1.807, 2.05) is 0 Å². The van der Waals surface area contributed by atoms with Crippen molar-refractivity contribution in [3.8, 4) is 0 Å². The van der Waals surface area contributed by atoms with Gasteiger partial charge >= 0.3 is 12.0 Å². The van der Waals surface area contributed by atoms with Crippen molar-refractivity contribution in [2.45, 2.75) is 6.04 Å². The Morgan fingerprint density at radius 3 is 2.64 bits per heavy atom. The minimum atomic E-state index is -0.696. The van der Waals surface area contributed by atoms with Crippen LogP contribution in [0.2, 0.25) is 0 Å². The fourth-order valence-electron chi connectivity index (χ4n) is 2.98. The molecule has 8 heteroatoms. The fraction of sp³-hybridized carbons (Fsp3) is 0.412. The quantitative estimate of drug-likeness (QED) is 0.791. The van der Waals surface area contributed by atoms with Crippen LogP contribution in [0.25, 0.3) is 0 Å². The average molecular weight is 349 g/mol. The molecule has 0 aliphatic carbocycles. The van der Waals surface area contributed by atoms with Crippen LogP contribution >= 0.6 is 0 Å². The molecule has 134 valence electrons. The number of amides is 2. The molecule has 2 aliphatic heterocycles. The van der Waals surface area contributed by atoms with Crippen molar-refractivity contribution in [3.05, 3.63) is 46.9 Å². The lowest BCUT2D eigenvalue weighted by atomic mass is 9.95. The second-order valence-corrected chi connectivity index (χ2v) is 5.86. The van der Waals surface area contributed by atoms with Crippen LogP contribution in [0.4, 0.5) is 9.18 Å². The summed E-state index contributed by atoms with van der Waals surface area (Å²) < 4.78 is 23.5. The maximum atomic E-state index is 13.2. The van der Waals surface area contributed by atoms with Gasteiger partial charge in [0.25, 0.3) is 0 Å². The fourth-order valence-corrected chi connectivity index (χ4v) is 2.98. The Hall–Kier alpha value is -2.45. The van der Waals surface area contributed by atoms with Crippen LogP contribution in [0.15, 0.2) is 35.5 Å². The maximum absolute atomic E-state index is 13.2. The number of hydrogen-bond acceptors (Lipinski definition) is 5. The molecule has 1 saturated heterocycles. The third-order valence-electron chi connectivity index (χ3n) is 4.25. The average Bonchev–Trinajstić information content (AvgIpc) is 2.62. The number of nitrogens with one attached hydrogen (secondary N) is 2. The van der Waals surface area contributed by atoms with Gasteiger partial charge in [-0.05, 0) is 17.7 Å². The van der Waals surface area contributed by atoms with Gasteiger partial charge in [0, 0.05) is 25.3 Å². The lowest BCUT2D eigenvalue weighted by molar-refractivity contribution is -0.136. The summed E-state index contributed by atoms with van der Waals surface area (Å²) in [4.78, 5) is 26.6. The van der Waals surface area contributed by atoms with Gasteiger partial charge in [0.15, 0.2) is 0 Å². The Morgan fingerprint density at radius 1 is 1.32 bits per heavy atom. The third-order valence-corrected chi connectivity index (χ3v) is 4.25. The van der Waals surface area contributed by atoms with Gasteiger partial charge in [0.1, 0.15) is 5.82 Å². The smallest absolute Gasteiger partial charge is 0.338 e. The first kappa shape index (κ1) is 17.4. The molecule has 0 spiro atoms. The second-order valence-electron chi connectivity index (χ2n) is 5.86. The van der Waals surface area contributed by atoms with Crippen molar-refractivity contribution >= 4 is 12.0 Å². The molecule has 0 bridgehead atoms. The number of benzene rings is 1. The maximum Gasteiger partial charge on any atom is 0.338 e. The van der Waals surface area contributed by atoms with Crippen LogP contribution in [-0.2, 0) is 14.3 Å². The molecule has 25 heavy (non-hydrogen) atoms. The summed E-state index contributed by atoms with van der Waals surface area (Å²) in [6.07, 6.45) is 0. The molecule has 2 aliphatic rings. The second kappa shape index (κ2) is 7.62. The molecule has 2 N–H and O–H groups in total. The highest BCUT2D eigenvalue weighted by atomic mass is 19.1. The number of rotatable bonds is 4. The summed E-state index contributed by atoms with van der Waals surface area (Å²) >= 11 is 0. The number of ether oxygens (including phenoxy) is 2. The summed E-state index contributed by atoms with van der Waals surface area (Å²) in [5, 5.41) is 5.42. The Kier molecular flexibility index (Phi) is 5.30. The molecule has 0 unspecified atom stereocenters. The number of methoxy groups -OCH3 is 1. The van der Waals surface area contributed by atoms with E-state index in [4.69, 9.17) is 9.47 Å². The largest absolute Gasteiger partial charge is 0.466 e. The minimum absolute atomic E-state index is 0.320. The van der Waals surface area contributed by atoms with E-state index >= 15 is 0 Å². The summed E-state index contributed by atoms with van der Waals surface area (Å²) in [5.74, 6) is -0.925. The molecule has 1 aromatic carbocycles. The number of nitrogens with zero attached hydrogens (tertiary/aromatic N) is 1. The number of carbonyl (C=O) groups is 2. The number of morpholine rings is 1. The van der Waals surface area contributed by atoms with E-state index in [1.54, 1.807) is 12.1 Å². The summed E-state index contributed by atoms with van der Waals surface area (Å²) in [6, 6.07) is 4.56. The molecule has 0 aromatic heterocycles. The summed E-state index contributed by atoms with van der Waals surface area (Å²) in [6.45, 7) is 3.03. The highest BCUT2D eigenvalue weighted by Crippen LogP contribution is 2.28. The highest BCUT2D eigenvalue weighted by Gasteiger charge is 2.34. The van der Waals surface area contributed by atoms with Crippen molar-refractivity contribution in [1.82, 2.24) is 15.5 Å². The van der Waals surface area contributed by atoms with Crippen molar-refractivity contribution in [3.63, 3.8) is 0 Å². The van der Waals surface area contributed by atoms with E-state index in [-0.39, 0.29) is 5.82 Å². The zero-order valence-electron chi connectivity index (χ0n) is 13.9. The zero-order chi connectivity index (χ0) is 17.8. The first-order valence-electron chi connectivity index (χ1n) is 8.03. The molecule has 7 nitrogen and oxygen atoms in total. The van der Waals surface area contributed by atoms with Crippen LogP contribution in [0.1, 0.15) is 11.6 Å². The molecular formula is C17H20FN3O4. The van der Waals surface area contributed by atoms with Crippen LogP contribution in [0, 0.1) is 5.82 Å². The third kappa shape index (κ3) is 3.97. The van der Waals surface area contributed by atoms with Gasteiger partial charge in [0.2, 0.25) is 0 Å². The molecule has 3 rings (SSSR count). The number of halogens is 1. The van der Waals surface area contributed by atoms with E-state index in [0.717, 1.165) is 0 Å². The van der Waals surface area contributed by atoms with Crippen molar-refractivity contribution < 1.29 is 23.5 Å². The molecule has 1 fully saturated rings. The van der Waals surface area contributed by atoms with Crippen LogP contribution in [-0.4, -0.2) is 56.9 Å². The van der Waals surface area contributed by atoms with Gasteiger partial charge in [-0.15, -0.1) is 0 Å². The predicted molar refractivity (Wildman–Crippen MR) is 87.1 cm³/mol. The number of esters is 1. The Balaban J connectivity index is 1.96. The lowest BCUT2D eigenvalue weighted by Gasteiger charge is -2.33. The zero-order valence-corrected chi connectivity index (χ0v) is 13.9. The number of urea groups is 1. The molecule has 0 saturated carbocycles. The molecule has 0 radical (unpaired) electrons. The van der Waals surface area contributed by atoms with Gasteiger partial charge in [0.05, 0.1) is 31.9 Å². The molecule has 1 aromatic rings. The minimum Gasteiger partial charge on any atom is -0.466 e.